The van der Waals surface area contributed by atoms with Crippen molar-refractivity contribution < 1.29 is 13.9 Å². The van der Waals surface area contributed by atoms with Gasteiger partial charge in [0.15, 0.2) is 0 Å². The number of para-hydroxylation sites is 1. The van der Waals surface area contributed by atoms with Gasteiger partial charge >= 0.3 is 11.6 Å². The first-order valence-corrected chi connectivity index (χ1v) is 9.64. The molecule has 0 radical (unpaired) electrons. The van der Waals surface area contributed by atoms with Crippen LogP contribution in [0.5, 0.6) is 5.75 Å². The molecule has 0 aliphatic rings. The topological polar surface area (TPSA) is 80.3 Å². The Morgan fingerprint density at radius 1 is 1.00 bits per heavy atom. The molecule has 3 aromatic carbocycles. The highest BCUT2D eigenvalue weighted by atomic mass is 35.5. The van der Waals surface area contributed by atoms with Crippen LogP contribution in [0.1, 0.15) is 21.5 Å². The first-order chi connectivity index (χ1) is 15.0. The lowest BCUT2D eigenvalue weighted by molar-refractivity contribution is 0.0730. The van der Waals surface area contributed by atoms with Crippen LogP contribution in [0.2, 0.25) is 5.02 Å². The van der Waals surface area contributed by atoms with Gasteiger partial charge in [0, 0.05) is 10.4 Å². The normalized spacial score (nSPS) is 11.2. The third-order valence-electron chi connectivity index (χ3n) is 4.52. The fourth-order valence-corrected chi connectivity index (χ4v) is 3.14. The van der Waals surface area contributed by atoms with Crippen molar-refractivity contribution in [3.63, 3.8) is 0 Å². The third kappa shape index (κ3) is 4.55. The number of rotatable bonds is 4. The predicted octanol–water partition coefficient (Wildman–Crippen LogP) is 5.73. The van der Waals surface area contributed by atoms with Crippen LogP contribution in [0.15, 0.2) is 88.1 Å². The molecule has 4 rings (SSSR count). The molecular formula is C25H14ClNO4. The van der Waals surface area contributed by atoms with Crippen LogP contribution < -0.4 is 10.4 Å². The summed E-state index contributed by atoms with van der Waals surface area (Å²) >= 11 is 5.90. The fourth-order valence-electron chi connectivity index (χ4n) is 3.01. The second-order valence-corrected chi connectivity index (χ2v) is 7.06. The first-order valence-electron chi connectivity index (χ1n) is 9.26. The molecule has 0 aliphatic heterocycles. The van der Waals surface area contributed by atoms with E-state index in [-0.39, 0.29) is 11.3 Å². The quantitative estimate of drug-likeness (QED) is 0.136. The van der Waals surface area contributed by atoms with Crippen molar-refractivity contribution in [2.45, 2.75) is 0 Å². The van der Waals surface area contributed by atoms with Crippen LogP contribution in [-0.2, 0) is 0 Å². The van der Waals surface area contributed by atoms with Gasteiger partial charge in [-0.3, -0.25) is 0 Å². The molecule has 5 nitrogen and oxygen atoms in total. The van der Waals surface area contributed by atoms with Gasteiger partial charge in [-0.25, -0.2) is 9.59 Å². The number of nitriles is 1. The highest BCUT2D eigenvalue weighted by molar-refractivity contribution is 6.30. The summed E-state index contributed by atoms with van der Waals surface area (Å²) in [6.45, 7) is 0. The summed E-state index contributed by atoms with van der Waals surface area (Å²) < 4.78 is 10.6. The largest absolute Gasteiger partial charge is 0.423 e. The van der Waals surface area contributed by atoms with Crippen LogP contribution >= 0.6 is 11.6 Å². The number of nitrogens with zero attached hydrogens (tertiary/aromatic N) is 1. The van der Waals surface area contributed by atoms with E-state index in [1.807, 2.05) is 0 Å². The lowest BCUT2D eigenvalue weighted by atomic mass is 10.0. The van der Waals surface area contributed by atoms with Crippen molar-refractivity contribution in [3.05, 3.63) is 111 Å². The molecule has 0 atom stereocenters. The van der Waals surface area contributed by atoms with Crippen molar-refractivity contribution in [2.75, 3.05) is 0 Å². The van der Waals surface area contributed by atoms with E-state index in [1.54, 1.807) is 78.9 Å². The number of fused-ring (bicyclic) bond motifs is 1. The standard InChI is InChI=1S/C25H14ClNO4/c26-20-10-8-17(9-11-20)19(15-27)12-16-4-3-6-21(13-16)30-24(28)22-14-18-5-1-2-7-23(18)31-25(22)29/h1-14H/b19-12-. The minimum atomic E-state index is -0.821. The maximum Gasteiger partial charge on any atom is 0.351 e. The van der Waals surface area contributed by atoms with Crippen LogP contribution in [-0.4, -0.2) is 5.97 Å². The molecule has 0 spiro atoms. The van der Waals surface area contributed by atoms with Crippen LogP contribution in [0, 0.1) is 11.3 Å². The van der Waals surface area contributed by atoms with Gasteiger partial charge in [0.05, 0.1) is 11.6 Å². The zero-order valence-corrected chi connectivity index (χ0v) is 16.8. The van der Waals surface area contributed by atoms with E-state index in [1.165, 1.54) is 6.07 Å². The SMILES string of the molecule is N#C/C(=C/c1cccc(OC(=O)c2cc3ccccc3oc2=O)c1)c1ccc(Cl)cc1. The molecule has 6 heteroatoms. The summed E-state index contributed by atoms with van der Waals surface area (Å²) in [7, 11) is 0. The number of carbonyl (C=O) groups is 1. The molecular weight excluding hydrogens is 414 g/mol. The number of allylic oxidation sites excluding steroid dienone is 1. The lowest BCUT2D eigenvalue weighted by Gasteiger charge is -2.06. The maximum absolute atomic E-state index is 12.6. The summed E-state index contributed by atoms with van der Waals surface area (Å²) in [5.74, 6) is -0.585. The summed E-state index contributed by atoms with van der Waals surface area (Å²) in [4.78, 5) is 24.7. The number of carbonyl (C=O) groups excluding carboxylic acids is 1. The smallest absolute Gasteiger partial charge is 0.351 e. The minimum Gasteiger partial charge on any atom is -0.423 e. The molecule has 0 unspecified atom stereocenters. The van der Waals surface area contributed by atoms with Crippen molar-refractivity contribution in [3.8, 4) is 11.8 Å². The molecule has 0 saturated heterocycles. The van der Waals surface area contributed by atoms with Gasteiger partial charge in [-0.2, -0.15) is 5.26 Å². The maximum atomic E-state index is 12.6. The van der Waals surface area contributed by atoms with E-state index in [4.69, 9.17) is 20.8 Å². The van der Waals surface area contributed by atoms with Crippen molar-refractivity contribution in [1.82, 2.24) is 0 Å². The van der Waals surface area contributed by atoms with Gasteiger partial charge in [0.25, 0.3) is 0 Å². The van der Waals surface area contributed by atoms with Gasteiger partial charge < -0.3 is 9.15 Å². The highest BCUT2D eigenvalue weighted by Gasteiger charge is 2.16. The molecule has 0 N–H and O–H groups in total. The minimum absolute atomic E-state index is 0.196. The molecule has 150 valence electrons. The van der Waals surface area contributed by atoms with E-state index < -0.39 is 11.6 Å². The molecule has 0 fully saturated rings. The zero-order chi connectivity index (χ0) is 21.8. The monoisotopic (exact) mass is 427 g/mol. The second kappa shape index (κ2) is 8.70. The van der Waals surface area contributed by atoms with Crippen molar-refractivity contribution >= 4 is 40.2 Å². The molecule has 1 aromatic heterocycles. The molecule has 0 amide bonds. The molecule has 0 bridgehead atoms. The van der Waals surface area contributed by atoms with Gasteiger partial charge in [-0.05, 0) is 53.6 Å². The number of ether oxygens (including phenoxy) is 1. The molecule has 31 heavy (non-hydrogen) atoms. The Kier molecular flexibility index (Phi) is 5.65. The van der Waals surface area contributed by atoms with E-state index in [2.05, 4.69) is 6.07 Å². The van der Waals surface area contributed by atoms with Crippen LogP contribution in [0.4, 0.5) is 0 Å². The van der Waals surface area contributed by atoms with Gasteiger partial charge in [-0.1, -0.05) is 54.1 Å². The Balaban J connectivity index is 1.61. The van der Waals surface area contributed by atoms with Crippen LogP contribution in [0.3, 0.4) is 0 Å². The highest BCUT2D eigenvalue weighted by Crippen LogP contribution is 2.23. The number of esters is 1. The van der Waals surface area contributed by atoms with Crippen LogP contribution in [0.25, 0.3) is 22.6 Å². The average Bonchev–Trinajstić information content (AvgIpc) is 2.78. The Bertz CT molecular complexity index is 1410. The second-order valence-electron chi connectivity index (χ2n) is 6.62. The van der Waals surface area contributed by atoms with E-state index in [0.717, 1.165) is 0 Å². The van der Waals surface area contributed by atoms with E-state index >= 15 is 0 Å². The van der Waals surface area contributed by atoms with E-state index in [0.29, 0.717) is 32.7 Å². The lowest BCUT2D eigenvalue weighted by Crippen LogP contribution is -2.18. The summed E-state index contributed by atoms with van der Waals surface area (Å²) in [5, 5.41) is 10.7. The molecule has 0 saturated carbocycles. The fraction of sp³-hybridized carbons (Fsp3) is 0. The number of benzene rings is 3. The Hall–Kier alpha value is -4.14. The summed E-state index contributed by atoms with van der Waals surface area (Å²) in [6, 6.07) is 24.1. The molecule has 4 aromatic rings. The Morgan fingerprint density at radius 2 is 1.77 bits per heavy atom. The first kappa shape index (κ1) is 20.1. The number of hydrogen-bond acceptors (Lipinski definition) is 5. The van der Waals surface area contributed by atoms with Gasteiger partial charge in [0.1, 0.15) is 16.9 Å². The third-order valence-corrected chi connectivity index (χ3v) is 4.77. The Morgan fingerprint density at radius 3 is 2.55 bits per heavy atom. The zero-order valence-electron chi connectivity index (χ0n) is 16.0. The summed E-state index contributed by atoms with van der Waals surface area (Å²) in [6.07, 6.45) is 1.67. The van der Waals surface area contributed by atoms with E-state index in [9.17, 15) is 14.9 Å². The molecule has 0 aliphatic carbocycles. The van der Waals surface area contributed by atoms with Crippen molar-refractivity contribution in [1.29, 1.82) is 5.26 Å². The van der Waals surface area contributed by atoms with Gasteiger partial charge in [-0.15, -0.1) is 0 Å². The Labute approximate surface area is 182 Å². The molecule has 1 heterocycles. The number of halogens is 1. The van der Waals surface area contributed by atoms with Gasteiger partial charge in [0.2, 0.25) is 0 Å². The number of hydrogen-bond donors (Lipinski definition) is 0. The average molecular weight is 428 g/mol. The predicted molar refractivity (Wildman–Crippen MR) is 119 cm³/mol. The summed E-state index contributed by atoms with van der Waals surface area (Å²) in [5.41, 5.74) is 1.22. The van der Waals surface area contributed by atoms with Crippen molar-refractivity contribution in [2.24, 2.45) is 0 Å².